The Labute approximate surface area is 172 Å². The molecule has 1 aliphatic heterocycles. The fourth-order valence-electron chi connectivity index (χ4n) is 4.24. The van der Waals surface area contributed by atoms with Crippen LogP contribution in [-0.4, -0.2) is 53.8 Å². The minimum atomic E-state index is -0.0366. The van der Waals surface area contributed by atoms with Crippen molar-refractivity contribution in [1.82, 2.24) is 15.1 Å². The summed E-state index contributed by atoms with van der Waals surface area (Å²) >= 11 is 0. The number of piperazine rings is 1. The van der Waals surface area contributed by atoms with Crippen molar-refractivity contribution < 1.29 is 9.59 Å². The van der Waals surface area contributed by atoms with Gasteiger partial charge in [-0.25, -0.2) is 0 Å². The first kappa shape index (κ1) is 19.6. The average Bonchev–Trinajstić information content (AvgIpc) is 3.28. The van der Waals surface area contributed by atoms with Gasteiger partial charge in [0.1, 0.15) is 0 Å². The van der Waals surface area contributed by atoms with Gasteiger partial charge in [-0.2, -0.15) is 0 Å². The molecule has 2 aliphatic rings. The van der Waals surface area contributed by atoms with Crippen LogP contribution in [0.4, 0.5) is 0 Å². The Kier molecular flexibility index (Phi) is 6.25. The van der Waals surface area contributed by atoms with Crippen molar-refractivity contribution in [3.05, 3.63) is 71.3 Å². The summed E-state index contributed by atoms with van der Waals surface area (Å²) in [4.78, 5) is 29.5. The van der Waals surface area contributed by atoms with E-state index in [1.54, 1.807) is 24.3 Å². The monoisotopic (exact) mass is 391 g/mol. The Morgan fingerprint density at radius 3 is 2.10 bits per heavy atom. The second-order valence-corrected chi connectivity index (χ2v) is 8.09. The molecule has 5 nitrogen and oxygen atoms in total. The minimum absolute atomic E-state index is 0.0366. The molecule has 2 aromatic carbocycles. The van der Waals surface area contributed by atoms with E-state index in [0.29, 0.717) is 17.2 Å². The summed E-state index contributed by atoms with van der Waals surface area (Å²) < 4.78 is 0. The Balaban J connectivity index is 1.29. The Hall–Kier alpha value is -2.66. The van der Waals surface area contributed by atoms with Gasteiger partial charge in [0.15, 0.2) is 0 Å². The molecule has 0 unspecified atom stereocenters. The Bertz CT molecular complexity index is 821. The topological polar surface area (TPSA) is 52.7 Å². The highest BCUT2D eigenvalue weighted by molar-refractivity contribution is 5.98. The van der Waals surface area contributed by atoms with Crippen LogP contribution in [0.1, 0.15) is 52.0 Å². The lowest BCUT2D eigenvalue weighted by molar-refractivity contribution is 0.0628. The molecule has 1 heterocycles. The summed E-state index contributed by atoms with van der Waals surface area (Å²) in [6.07, 6.45) is 4.52. The van der Waals surface area contributed by atoms with Crippen LogP contribution in [0.3, 0.4) is 0 Å². The maximum absolute atomic E-state index is 12.8. The first-order valence-corrected chi connectivity index (χ1v) is 10.7. The summed E-state index contributed by atoms with van der Waals surface area (Å²) in [7, 11) is 0. The van der Waals surface area contributed by atoms with Gasteiger partial charge in [-0.3, -0.25) is 14.5 Å². The smallest absolute Gasteiger partial charge is 0.253 e. The standard InChI is InChI=1S/C24H29N3O2/c28-23(25-22-8-4-5-9-22)20-10-12-21(13-11-20)24(29)27-16-14-26(15-17-27)18-19-6-2-1-3-7-19/h1-3,6-7,10-13,22H,4-5,8-9,14-18H2,(H,25,28). The molecule has 0 spiro atoms. The molecule has 4 rings (SSSR count). The third kappa shape index (κ3) is 5.04. The van der Waals surface area contributed by atoms with E-state index in [4.69, 9.17) is 0 Å². The molecule has 5 heteroatoms. The predicted molar refractivity (Wildman–Crippen MR) is 114 cm³/mol. The number of carbonyl (C=O) groups excluding carboxylic acids is 2. The zero-order chi connectivity index (χ0) is 20.1. The van der Waals surface area contributed by atoms with Gasteiger partial charge in [-0.05, 0) is 42.7 Å². The number of carbonyl (C=O) groups is 2. The number of benzene rings is 2. The van der Waals surface area contributed by atoms with Crippen molar-refractivity contribution in [2.24, 2.45) is 0 Å². The van der Waals surface area contributed by atoms with Gasteiger partial charge in [-0.15, -0.1) is 0 Å². The van der Waals surface area contributed by atoms with Crippen molar-refractivity contribution in [2.75, 3.05) is 26.2 Å². The van der Waals surface area contributed by atoms with Crippen molar-refractivity contribution in [1.29, 1.82) is 0 Å². The van der Waals surface area contributed by atoms with Crippen LogP contribution < -0.4 is 5.32 Å². The summed E-state index contributed by atoms with van der Waals surface area (Å²) in [5.74, 6) is 0.0116. The third-order valence-corrected chi connectivity index (χ3v) is 5.99. The molecule has 2 aromatic rings. The number of nitrogens with zero attached hydrogens (tertiary/aromatic N) is 2. The summed E-state index contributed by atoms with van der Waals surface area (Å²) in [6, 6.07) is 17.8. The molecular formula is C24H29N3O2. The molecule has 0 bridgehead atoms. The van der Waals surface area contributed by atoms with E-state index in [1.165, 1.54) is 18.4 Å². The minimum Gasteiger partial charge on any atom is -0.349 e. The van der Waals surface area contributed by atoms with Crippen LogP contribution >= 0.6 is 0 Å². The quantitative estimate of drug-likeness (QED) is 0.851. The van der Waals surface area contributed by atoms with E-state index in [9.17, 15) is 9.59 Å². The third-order valence-electron chi connectivity index (χ3n) is 5.99. The molecule has 0 radical (unpaired) electrons. The zero-order valence-electron chi connectivity index (χ0n) is 16.8. The highest BCUT2D eigenvalue weighted by Crippen LogP contribution is 2.18. The van der Waals surface area contributed by atoms with E-state index < -0.39 is 0 Å². The van der Waals surface area contributed by atoms with Gasteiger partial charge >= 0.3 is 0 Å². The summed E-state index contributed by atoms with van der Waals surface area (Å²) in [5.41, 5.74) is 2.58. The first-order chi connectivity index (χ1) is 14.2. The molecule has 152 valence electrons. The van der Waals surface area contributed by atoms with E-state index in [0.717, 1.165) is 45.6 Å². The van der Waals surface area contributed by atoms with Crippen LogP contribution in [-0.2, 0) is 6.54 Å². The molecule has 1 saturated heterocycles. The Morgan fingerprint density at radius 2 is 1.45 bits per heavy atom. The maximum atomic E-state index is 12.8. The molecule has 1 aliphatic carbocycles. The van der Waals surface area contributed by atoms with E-state index in [1.807, 2.05) is 11.0 Å². The fourth-order valence-corrected chi connectivity index (χ4v) is 4.24. The molecule has 2 amide bonds. The number of hydrogen-bond donors (Lipinski definition) is 1. The first-order valence-electron chi connectivity index (χ1n) is 10.7. The molecular weight excluding hydrogens is 362 g/mol. The van der Waals surface area contributed by atoms with Crippen molar-refractivity contribution >= 4 is 11.8 Å². The fraction of sp³-hybridized carbons (Fsp3) is 0.417. The normalized spacial score (nSPS) is 18.0. The van der Waals surface area contributed by atoms with Gasteiger partial charge in [0, 0.05) is 49.9 Å². The number of rotatable bonds is 5. The van der Waals surface area contributed by atoms with Gasteiger partial charge in [0.05, 0.1) is 0 Å². The average molecular weight is 392 g/mol. The van der Waals surface area contributed by atoms with Crippen LogP contribution in [0, 0.1) is 0 Å². The molecule has 1 saturated carbocycles. The van der Waals surface area contributed by atoms with Crippen LogP contribution in [0.15, 0.2) is 54.6 Å². The largest absolute Gasteiger partial charge is 0.349 e. The predicted octanol–water partition coefficient (Wildman–Crippen LogP) is 3.32. The lowest BCUT2D eigenvalue weighted by Crippen LogP contribution is -2.48. The van der Waals surface area contributed by atoms with Gasteiger partial charge in [0.2, 0.25) is 0 Å². The van der Waals surface area contributed by atoms with Gasteiger partial charge < -0.3 is 10.2 Å². The Morgan fingerprint density at radius 1 is 0.828 bits per heavy atom. The second-order valence-electron chi connectivity index (χ2n) is 8.09. The number of nitrogens with one attached hydrogen (secondary N) is 1. The van der Waals surface area contributed by atoms with Crippen molar-refractivity contribution in [3.8, 4) is 0 Å². The summed E-state index contributed by atoms with van der Waals surface area (Å²) in [6.45, 7) is 4.14. The molecule has 1 N–H and O–H groups in total. The lowest BCUT2D eigenvalue weighted by Gasteiger charge is -2.34. The van der Waals surface area contributed by atoms with Crippen LogP contribution in [0.25, 0.3) is 0 Å². The van der Waals surface area contributed by atoms with E-state index in [-0.39, 0.29) is 11.8 Å². The van der Waals surface area contributed by atoms with Gasteiger partial charge in [0.25, 0.3) is 11.8 Å². The lowest BCUT2D eigenvalue weighted by atomic mass is 10.1. The summed E-state index contributed by atoms with van der Waals surface area (Å²) in [5, 5.41) is 3.09. The zero-order valence-corrected chi connectivity index (χ0v) is 16.8. The maximum Gasteiger partial charge on any atom is 0.253 e. The molecule has 0 atom stereocenters. The SMILES string of the molecule is O=C(NC1CCCC1)c1ccc(C(=O)N2CCN(Cc3ccccc3)CC2)cc1. The van der Waals surface area contributed by atoms with Crippen LogP contribution in [0.2, 0.25) is 0 Å². The second kappa shape index (κ2) is 9.23. The number of amides is 2. The molecule has 0 aromatic heterocycles. The van der Waals surface area contributed by atoms with Gasteiger partial charge in [-0.1, -0.05) is 43.2 Å². The molecule has 2 fully saturated rings. The molecule has 29 heavy (non-hydrogen) atoms. The van der Waals surface area contributed by atoms with E-state index in [2.05, 4.69) is 34.5 Å². The van der Waals surface area contributed by atoms with Crippen molar-refractivity contribution in [2.45, 2.75) is 38.3 Å². The highest BCUT2D eigenvalue weighted by atomic mass is 16.2. The highest BCUT2D eigenvalue weighted by Gasteiger charge is 2.23. The van der Waals surface area contributed by atoms with Crippen molar-refractivity contribution in [3.63, 3.8) is 0 Å². The number of hydrogen-bond acceptors (Lipinski definition) is 3. The van der Waals surface area contributed by atoms with Crippen LogP contribution in [0.5, 0.6) is 0 Å². The van der Waals surface area contributed by atoms with E-state index >= 15 is 0 Å².